The lowest BCUT2D eigenvalue weighted by Crippen LogP contribution is -2.54. The van der Waals surface area contributed by atoms with Crippen LogP contribution in [0.5, 0.6) is 5.75 Å². The molecular weight excluding hydrogens is 496 g/mol. The Morgan fingerprint density at radius 1 is 1.10 bits per heavy atom. The van der Waals surface area contributed by atoms with Crippen LogP contribution in [0.25, 0.3) is 0 Å². The van der Waals surface area contributed by atoms with Gasteiger partial charge in [0.25, 0.3) is 0 Å². The lowest BCUT2D eigenvalue weighted by Gasteiger charge is -2.33. The minimum atomic E-state index is -1.14. The molecule has 0 saturated carbocycles. The topological polar surface area (TPSA) is 132 Å². The number of nitriles is 1. The van der Waals surface area contributed by atoms with E-state index in [1.54, 1.807) is 32.9 Å². The number of phenols is 1. The van der Waals surface area contributed by atoms with Crippen molar-refractivity contribution in [2.75, 3.05) is 13.1 Å². The van der Waals surface area contributed by atoms with Crippen molar-refractivity contribution in [3.8, 4) is 11.8 Å². The van der Waals surface area contributed by atoms with Crippen LogP contribution in [0.3, 0.4) is 0 Å². The third-order valence-electron chi connectivity index (χ3n) is 6.01. The van der Waals surface area contributed by atoms with Crippen molar-refractivity contribution in [3.05, 3.63) is 64.7 Å². The average molecular weight is 537 g/mol. The number of amides is 3. The van der Waals surface area contributed by atoms with Gasteiger partial charge in [-0.2, -0.15) is 5.26 Å². The van der Waals surface area contributed by atoms with Crippen molar-refractivity contribution in [1.29, 1.82) is 5.26 Å². The van der Waals surface area contributed by atoms with Gasteiger partial charge < -0.3 is 25.4 Å². The second-order valence-electron chi connectivity index (χ2n) is 10.6. The third-order valence-corrected chi connectivity index (χ3v) is 6.01. The van der Waals surface area contributed by atoms with E-state index in [2.05, 4.69) is 10.6 Å². The highest BCUT2D eigenvalue weighted by Crippen LogP contribution is 2.27. The quantitative estimate of drug-likeness (QED) is 0.287. The van der Waals surface area contributed by atoms with Crippen LogP contribution in [0.1, 0.15) is 68.8 Å². The van der Waals surface area contributed by atoms with Crippen LogP contribution in [-0.4, -0.2) is 52.6 Å². The Morgan fingerprint density at radius 3 is 2.36 bits per heavy atom. The molecule has 0 fully saturated rings. The largest absolute Gasteiger partial charge is 0.508 e. The molecule has 3 N–H and O–H groups in total. The summed E-state index contributed by atoms with van der Waals surface area (Å²) in [5, 5.41) is 25.0. The van der Waals surface area contributed by atoms with E-state index >= 15 is 0 Å². The first-order valence-corrected chi connectivity index (χ1v) is 13.2. The molecule has 0 aliphatic heterocycles. The van der Waals surface area contributed by atoms with Crippen molar-refractivity contribution < 1.29 is 24.2 Å². The molecule has 2 aromatic rings. The van der Waals surface area contributed by atoms with Gasteiger partial charge in [0.05, 0.1) is 6.07 Å². The zero-order chi connectivity index (χ0) is 29.2. The van der Waals surface area contributed by atoms with Crippen molar-refractivity contribution >= 4 is 17.9 Å². The molecule has 2 rings (SSSR count). The van der Waals surface area contributed by atoms with Crippen LogP contribution in [0.2, 0.25) is 0 Å². The van der Waals surface area contributed by atoms with E-state index in [0.717, 1.165) is 24.0 Å². The molecule has 2 unspecified atom stereocenters. The number of nitrogens with one attached hydrogen (secondary N) is 2. The van der Waals surface area contributed by atoms with Crippen molar-refractivity contribution in [3.63, 3.8) is 0 Å². The number of carbonyl (C=O) groups excluding carboxylic acids is 3. The zero-order valence-corrected chi connectivity index (χ0v) is 23.7. The molecule has 2 aromatic carbocycles. The highest BCUT2D eigenvalue weighted by atomic mass is 16.6. The summed E-state index contributed by atoms with van der Waals surface area (Å²) >= 11 is 0. The molecule has 0 aromatic heterocycles. The summed E-state index contributed by atoms with van der Waals surface area (Å²) in [6.07, 6.45) is 0.898. The van der Waals surface area contributed by atoms with Gasteiger partial charge in [-0.05, 0) is 69.9 Å². The number of unbranched alkanes of at least 4 members (excludes halogenated alkanes) is 1. The van der Waals surface area contributed by atoms with E-state index in [0.29, 0.717) is 17.7 Å². The lowest BCUT2D eigenvalue weighted by molar-refractivity contribution is -0.141. The first-order valence-electron chi connectivity index (χ1n) is 13.2. The second kappa shape index (κ2) is 14.2. The Labute approximate surface area is 231 Å². The predicted molar refractivity (Wildman–Crippen MR) is 149 cm³/mol. The molecule has 39 heavy (non-hydrogen) atoms. The van der Waals surface area contributed by atoms with Crippen molar-refractivity contribution in [1.82, 2.24) is 15.5 Å². The van der Waals surface area contributed by atoms with Crippen molar-refractivity contribution in [2.24, 2.45) is 0 Å². The van der Waals surface area contributed by atoms with Gasteiger partial charge >= 0.3 is 6.09 Å². The minimum Gasteiger partial charge on any atom is -0.508 e. The molecular formula is C30H40N4O5. The van der Waals surface area contributed by atoms with Gasteiger partial charge in [-0.1, -0.05) is 49.2 Å². The fourth-order valence-electron chi connectivity index (χ4n) is 4.08. The fourth-order valence-corrected chi connectivity index (χ4v) is 4.08. The van der Waals surface area contributed by atoms with Gasteiger partial charge in [0.1, 0.15) is 30.0 Å². The number of carbonyl (C=O) groups is 3. The molecule has 9 heteroatoms. The minimum absolute atomic E-state index is 0.0528. The predicted octanol–water partition coefficient (Wildman–Crippen LogP) is 4.45. The number of aromatic hydroxyl groups is 1. The number of benzene rings is 2. The van der Waals surface area contributed by atoms with Gasteiger partial charge in [0.2, 0.25) is 11.8 Å². The summed E-state index contributed by atoms with van der Waals surface area (Å²) in [6, 6.07) is 11.7. The third kappa shape index (κ3) is 9.64. The summed E-state index contributed by atoms with van der Waals surface area (Å²) in [7, 11) is 0. The number of hydrogen-bond donors (Lipinski definition) is 3. The molecule has 0 aliphatic carbocycles. The number of alkyl carbamates (subject to hydrolysis) is 1. The maximum atomic E-state index is 14.1. The smallest absolute Gasteiger partial charge is 0.408 e. The summed E-state index contributed by atoms with van der Waals surface area (Å²) in [4.78, 5) is 41.7. The van der Waals surface area contributed by atoms with Gasteiger partial charge in [0, 0.05) is 13.0 Å². The lowest BCUT2D eigenvalue weighted by atomic mass is 9.95. The normalized spacial score (nSPS) is 12.5. The van der Waals surface area contributed by atoms with Gasteiger partial charge in [-0.15, -0.1) is 0 Å². The first-order chi connectivity index (χ1) is 18.4. The molecule has 210 valence electrons. The van der Waals surface area contributed by atoms with E-state index in [1.807, 2.05) is 45.0 Å². The second-order valence-corrected chi connectivity index (χ2v) is 10.6. The summed E-state index contributed by atoms with van der Waals surface area (Å²) in [5.41, 5.74) is 2.16. The Balaban J connectivity index is 2.55. The van der Waals surface area contributed by atoms with Gasteiger partial charge in [-0.25, -0.2) is 4.79 Å². The van der Waals surface area contributed by atoms with Crippen LogP contribution in [-0.2, 0) is 20.7 Å². The van der Waals surface area contributed by atoms with Crippen LogP contribution in [0.15, 0.2) is 42.5 Å². The van der Waals surface area contributed by atoms with Gasteiger partial charge in [-0.3, -0.25) is 9.59 Å². The van der Waals surface area contributed by atoms with Gasteiger partial charge in [0.15, 0.2) is 0 Å². The van der Waals surface area contributed by atoms with E-state index in [9.17, 15) is 24.8 Å². The molecule has 0 saturated heterocycles. The highest BCUT2D eigenvalue weighted by molar-refractivity contribution is 5.92. The molecule has 0 radical (unpaired) electrons. The zero-order valence-electron chi connectivity index (χ0n) is 23.7. The SMILES string of the molecule is CCCCNC(=O)C(c1cc(C)ccc1C)N(CC#N)C(=O)C(Cc1ccc(O)cc1)NC(=O)OC(C)(C)C. The molecule has 3 amide bonds. The van der Waals surface area contributed by atoms with Crippen LogP contribution < -0.4 is 10.6 Å². The number of nitrogens with zero attached hydrogens (tertiary/aromatic N) is 2. The molecule has 0 spiro atoms. The summed E-state index contributed by atoms with van der Waals surface area (Å²) < 4.78 is 5.40. The first kappa shape index (κ1) is 31.2. The highest BCUT2D eigenvalue weighted by Gasteiger charge is 2.37. The number of hydrogen-bond acceptors (Lipinski definition) is 6. The Hall–Kier alpha value is -4.06. The van der Waals surface area contributed by atoms with E-state index in [4.69, 9.17) is 4.74 Å². The number of phenolic OH excluding ortho intramolecular Hbond substituents is 1. The molecule has 0 heterocycles. The standard InChI is InChI=1S/C30H40N4O5/c1-7-8-16-32-27(36)26(24-18-20(2)9-10-21(24)3)34(17-15-31)28(37)25(33-29(38)39-30(4,5)6)19-22-11-13-23(35)14-12-22/h9-14,18,25-26,35H,7-8,16-17,19H2,1-6H3,(H,32,36)(H,33,38). The number of aryl methyl sites for hydroxylation is 2. The number of ether oxygens (including phenoxy) is 1. The number of rotatable bonds is 11. The van der Waals surface area contributed by atoms with E-state index in [1.165, 1.54) is 17.0 Å². The summed E-state index contributed by atoms with van der Waals surface area (Å²) in [5.74, 6) is -0.944. The van der Waals surface area contributed by atoms with E-state index in [-0.39, 0.29) is 18.7 Å². The maximum Gasteiger partial charge on any atom is 0.408 e. The van der Waals surface area contributed by atoms with Crippen LogP contribution in [0, 0.1) is 25.2 Å². The van der Waals surface area contributed by atoms with Crippen LogP contribution >= 0.6 is 0 Å². The van der Waals surface area contributed by atoms with Crippen LogP contribution in [0.4, 0.5) is 4.79 Å². The fraction of sp³-hybridized carbons (Fsp3) is 0.467. The monoisotopic (exact) mass is 536 g/mol. The molecule has 9 nitrogen and oxygen atoms in total. The molecule has 0 bridgehead atoms. The maximum absolute atomic E-state index is 14.1. The Bertz CT molecular complexity index is 1180. The van der Waals surface area contributed by atoms with E-state index < -0.39 is 35.6 Å². The Morgan fingerprint density at radius 2 is 1.77 bits per heavy atom. The Kier molecular flexibility index (Phi) is 11.3. The summed E-state index contributed by atoms with van der Waals surface area (Å²) in [6.45, 7) is 10.9. The molecule has 2 atom stereocenters. The van der Waals surface area contributed by atoms with Crippen molar-refractivity contribution in [2.45, 2.75) is 78.5 Å². The average Bonchev–Trinajstić information content (AvgIpc) is 2.85. The molecule has 0 aliphatic rings.